The van der Waals surface area contributed by atoms with Crippen LogP contribution in [-0.4, -0.2) is 55.6 Å². The molecule has 10 heteroatoms. The third-order valence-corrected chi connectivity index (χ3v) is 8.87. The Morgan fingerprint density at radius 3 is 2.62 bits per heavy atom. The second-order valence-electron chi connectivity index (χ2n) is 10.1. The second kappa shape index (κ2) is 10.4. The summed E-state index contributed by atoms with van der Waals surface area (Å²) >= 11 is 6.41. The van der Waals surface area contributed by atoms with Crippen molar-refractivity contribution in [3.8, 4) is 5.75 Å². The molecule has 3 aromatic carbocycles. The second-order valence-corrected chi connectivity index (χ2v) is 13.7. The molecule has 39 heavy (non-hydrogen) atoms. The molecule has 0 bridgehead atoms. The van der Waals surface area contributed by atoms with Gasteiger partial charge in [-0.2, -0.15) is 4.98 Å². The van der Waals surface area contributed by atoms with Gasteiger partial charge in [0.2, 0.25) is 5.95 Å². The van der Waals surface area contributed by atoms with E-state index in [4.69, 9.17) is 16.3 Å². The van der Waals surface area contributed by atoms with Crippen LogP contribution in [0.3, 0.4) is 0 Å². The summed E-state index contributed by atoms with van der Waals surface area (Å²) in [6, 6.07) is 24.4. The smallest absolute Gasteiger partial charge is 0.229 e. The Bertz CT molecular complexity index is 1550. The van der Waals surface area contributed by atoms with E-state index in [1.165, 1.54) is 5.69 Å². The molecule has 1 aromatic heterocycles. The highest BCUT2D eigenvalue weighted by molar-refractivity contribution is 7.70. The van der Waals surface area contributed by atoms with E-state index in [-0.39, 0.29) is 0 Å². The molecule has 6 rings (SSSR count). The summed E-state index contributed by atoms with van der Waals surface area (Å²) < 4.78 is 19.0. The van der Waals surface area contributed by atoms with Crippen molar-refractivity contribution >= 4 is 58.6 Å². The molecule has 4 aromatic rings. The number of fused-ring (bicyclic) bond motifs is 3. The number of hydrogen-bond acceptors (Lipinski definition) is 8. The minimum atomic E-state index is -2.50. The molecule has 0 saturated carbocycles. The van der Waals surface area contributed by atoms with Crippen LogP contribution in [0.25, 0.3) is 0 Å². The van der Waals surface area contributed by atoms with E-state index in [1.807, 2.05) is 42.5 Å². The van der Waals surface area contributed by atoms with Crippen molar-refractivity contribution in [1.82, 2.24) is 9.97 Å². The lowest BCUT2D eigenvalue weighted by atomic mass is 10.1. The molecule has 2 aliphatic rings. The topological polar surface area (TPSA) is 82.6 Å². The summed E-state index contributed by atoms with van der Waals surface area (Å²) in [5, 5.41) is 7.62. The van der Waals surface area contributed by atoms with E-state index in [0.717, 1.165) is 42.1 Å². The summed E-state index contributed by atoms with van der Waals surface area (Å²) in [4.78, 5) is 13.8. The fourth-order valence-corrected chi connectivity index (χ4v) is 6.43. The molecule has 0 aliphatic carbocycles. The molecule has 1 saturated heterocycles. The zero-order chi connectivity index (χ0) is 27.0. The normalized spacial score (nSPS) is 16.6. The number of benzene rings is 3. The lowest BCUT2D eigenvalue weighted by Crippen LogP contribution is -2.57. The van der Waals surface area contributed by atoms with Gasteiger partial charge in [0.05, 0.1) is 23.6 Å². The van der Waals surface area contributed by atoms with Gasteiger partial charge in [0.1, 0.15) is 24.5 Å². The number of hydrogen-bond donors (Lipinski definition) is 2. The predicted octanol–water partition coefficient (Wildman–Crippen LogP) is 5.95. The molecule has 1 fully saturated rings. The van der Waals surface area contributed by atoms with Crippen LogP contribution in [0.4, 0.5) is 34.5 Å². The van der Waals surface area contributed by atoms with E-state index in [9.17, 15) is 4.57 Å². The van der Waals surface area contributed by atoms with Gasteiger partial charge < -0.3 is 29.7 Å². The average molecular weight is 561 g/mol. The van der Waals surface area contributed by atoms with Crippen LogP contribution in [0.15, 0.2) is 79.0 Å². The van der Waals surface area contributed by atoms with Crippen molar-refractivity contribution in [1.29, 1.82) is 0 Å². The van der Waals surface area contributed by atoms with Crippen LogP contribution in [0.1, 0.15) is 0 Å². The third kappa shape index (κ3) is 5.40. The highest BCUT2D eigenvalue weighted by Gasteiger charge is 2.33. The molecule has 1 atom stereocenters. The molecule has 2 N–H and O–H groups in total. The van der Waals surface area contributed by atoms with E-state index in [1.54, 1.807) is 19.5 Å². The van der Waals surface area contributed by atoms with Gasteiger partial charge in [-0.15, -0.1) is 0 Å². The van der Waals surface area contributed by atoms with Crippen molar-refractivity contribution in [3.05, 3.63) is 84.0 Å². The molecule has 0 unspecified atom stereocenters. The Hall–Kier alpha value is -3.74. The summed E-state index contributed by atoms with van der Waals surface area (Å²) in [5.74, 6) is 1.66. The number of para-hydroxylation sites is 2. The number of nitrogens with zero attached hydrogens (tertiary/aromatic N) is 4. The summed E-state index contributed by atoms with van der Waals surface area (Å²) in [5.41, 5.74) is 3.88. The van der Waals surface area contributed by atoms with Crippen LogP contribution in [-0.2, 0) is 4.57 Å². The zero-order valence-electron chi connectivity index (χ0n) is 21.8. The highest BCUT2D eigenvalue weighted by atomic mass is 35.5. The van der Waals surface area contributed by atoms with Gasteiger partial charge in [0, 0.05) is 42.4 Å². The van der Waals surface area contributed by atoms with Crippen LogP contribution in [0.5, 0.6) is 5.75 Å². The maximum Gasteiger partial charge on any atom is 0.229 e. The SMILES string of the molecule is CP(C)(=O)c1ccccc1Nc1nc(Nc2ccc3c(c2)OC[C@H]2CN(c4ccccc4)CCN32)ncc1Cl. The summed E-state index contributed by atoms with van der Waals surface area (Å²) in [6.07, 6.45) is 1.55. The van der Waals surface area contributed by atoms with Crippen LogP contribution in [0.2, 0.25) is 5.02 Å². The van der Waals surface area contributed by atoms with Gasteiger partial charge >= 0.3 is 0 Å². The zero-order valence-corrected chi connectivity index (χ0v) is 23.5. The average Bonchev–Trinajstić information content (AvgIpc) is 2.94. The standard InChI is InChI=1S/C29H30ClN6O2P/c1-39(2,37)27-11-7-6-10-24(27)33-28-23(30)17-31-29(34-28)32-20-12-13-25-26(16-20)38-19-22-18-35(14-15-36(22)25)21-8-4-3-5-9-21/h3-13,16-17,22H,14-15,18-19H2,1-2H3,(H2,31,32,33,34)/t22-/m1/s1. The largest absolute Gasteiger partial charge is 0.489 e. The molecule has 0 amide bonds. The molecule has 2 aliphatic heterocycles. The molecular weight excluding hydrogens is 531 g/mol. The van der Waals surface area contributed by atoms with E-state index in [2.05, 4.69) is 60.7 Å². The van der Waals surface area contributed by atoms with Gasteiger partial charge in [-0.25, -0.2) is 4.98 Å². The summed E-state index contributed by atoms with van der Waals surface area (Å²) in [6.45, 7) is 6.93. The van der Waals surface area contributed by atoms with Crippen molar-refractivity contribution < 1.29 is 9.30 Å². The minimum absolute atomic E-state index is 0.294. The number of rotatable bonds is 6. The predicted molar refractivity (Wildman–Crippen MR) is 161 cm³/mol. The van der Waals surface area contributed by atoms with E-state index in [0.29, 0.717) is 35.1 Å². The first-order valence-corrected chi connectivity index (χ1v) is 15.9. The van der Waals surface area contributed by atoms with Gasteiger partial charge in [-0.1, -0.05) is 41.9 Å². The Balaban J connectivity index is 1.18. The van der Waals surface area contributed by atoms with E-state index >= 15 is 0 Å². The third-order valence-electron chi connectivity index (χ3n) is 7.04. The lowest BCUT2D eigenvalue weighted by molar-refractivity contribution is 0.255. The Morgan fingerprint density at radius 2 is 1.79 bits per heavy atom. The van der Waals surface area contributed by atoms with E-state index < -0.39 is 7.14 Å². The van der Waals surface area contributed by atoms with Gasteiger partial charge in [-0.3, -0.25) is 0 Å². The highest BCUT2D eigenvalue weighted by Crippen LogP contribution is 2.40. The molecule has 3 heterocycles. The number of piperazine rings is 1. The molecule has 0 radical (unpaired) electrons. The van der Waals surface area contributed by atoms with Gasteiger partial charge in [0.25, 0.3) is 0 Å². The number of anilines is 6. The fourth-order valence-electron chi connectivity index (χ4n) is 5.14. The molecular formula is C29H30ClN6O2P. The van der Waals surface area contributed by atoms with Crippen molar-refractivity contribution in [2.75, 3.05) is 60.0 Å². The Kier molecular flexibility index (Phi) is 6.83. The van der Waals surface area contributed by atoms with Crippen molar-refractivity contribution in [2.24, 2.45) is 0 Å². The van der Waals surface area contributed by atoms with Crippen molar-refractivity contribution in [2.45, 2.75) is 6.04 Å². The number of halogens is 1. The summed E-state index contributed by atoms with van der Waals surface area (Å²) in [7, 11) is -2.50. The monoisotopic (exact) mass is 560 g/mol. The van der Waals surface area contributed by atoms with Gasteiger partial charge in [0.15, 0.2) is 5.82 Å². The molecule has 8 nitrogen and oxygen atoms in total. The maximum absolute atomic E-state index is 12.8. The van der Waals surface area contributed by atoms with Crippen molar-refractivity contribution in [3.63, 3.8) is 0 Å². The Morgan fingerprint density at radius 1 is 1.00 bits per heavy atom. The quantitative estimate of drug-likeness (QED) is 0.280. The lowest BCUT2D eigenvalue weighted by Gasteiger charge is -2.46. The molecule has 200 valence electrons. The fraction of sp³-hybridized carbons (Fsp3) is 0.241. The first-order chi connectivity index (χ1) is 18.8. The van der Waals surface area contributed by atoms with Crippen LogP contribution in [0, 0.1) is 0 Å². The number of nitrogens with one attached hydrogen (secondary N) is 2. The first kappa shape index (κ1) is 25.5. The van der Waals surface area contributed by atoms with Crippen LogP contribution < -0.4 is 30.5 Å². The number of aromatic nitrogens is 2. The first-order valence-electron chi connectivity index (χ1n) is 12.9. The maximum atomic E-state index is 12.8. The number of ether oxygens (including phenoxy) is 1. The minimum Gasteiger partial charge on any atom is -0.489 e. The van der Waals surface area contributed by atoms with Gasteiger partial charge in [-0.05, 0) is 49.7 Å². The Labute approximate surface area is 233 Å². The van der Waals surface area contributed by atoms with Crippen LogP contribution >= 0.6 is 18.7 Å². The molecule has 0 spiro atoms.